The zero-order valence-corrected chi connectivity index (χ0v) is 15.8. The van der Waals surface area contributed by atoms with E-state index in [1.54, 1.807) is 0 Å². The Balaban J connectivity index is 1.66. The first-order chi connectivity index (χ1) is 11.8. The Hall–Kier alpha value is -1.04. The van der Waals surface area contributed by atoms with Crippen molar-refractivity contribution in [1.82, 2.24) is 14.7 Å². The van der Waals surface area contributed by atoms with Gasteiger partial charge in [0.05, 0.1) is 0 Å². The molecule has 2 heterocycles. The molecule has 0 spiro atoms. The van der Waals surface area contributed by atoms with Gasteiger partial charge in [-0.1, -0.05) is 12.1 Å². The van der Waals surface area contributed by atoms with Crippen LogP contribution in [0.5, 0.6) is 0 Å². The van der Waals surface area contributed by atoms with Crippen LogP contribution in [-0.2, 0) is 13.1 Å². The van der Waals surface area contributed by atoms with Crippen molar-refractivity contribution in [3.63, 3.8) is 0 Å². The van der Waals surface area contributed by atoms with Gasteiger partial charge >= 0.3 is 0 Å². The predicted molar refractivity (Wildman–Crippen MR) is 98.1 cm³/mol. The largest absolute Gasteiger partial charge is 0.304 e. The highest BCUT2D eigenvalue weighted by atomic mass is 19.3. The van der Waals surface area contributed by atoms with E-state index in [2.05, 4.69) is 47.7 Å². The van der Waals surface area contributed by atoms with Crippen molar-refractivity contribution < 1.29 is 8.78 Å². The number of likely N-dealkylation sites (tertiary alicyclic amines) is 1. The summed E-state index contributed by atoms with van der Waals surface area (Å²) in [5, 5.41) is 0. The van der Waals surface area contributed by atoms with Gasteiger partial charge in [-0.2, -0.15) is 0 Å². The quantitative estimate of drug-likeness (QED) is 0.824. The van der Waals surface area contributed by atoms with Crippen molar-refractivity contribution in [2.24, 2.45) is 0 Å². The smallest absolute Gasteiger partial charge is 0.250 e. The lowest BCUT2D eigenvalue weighted by Gasteiger charge is -2.33. The standard InChI is InChI=1S/C20H31F2N3/c1-16-12-17(2)19(15-25-10-8-23(3)9-11-25)13-18(16)14-24-6-4-20(21,22)5-7-24/h12-13H,4-11,14-15H2,1-3H3. The summed E-state index contributed by atoms with van der Waals surface area (Å²) in [5.74, 6) is -2.47. The maximum Gasteiger partial charge on any atom is 0.250 e. The molecule has 2 fully saturated rings. The van der Waals surface area contributed by atoms with Crippen molar-refractivity contribution in [2.75, 3.05) is 46.3 Å². The van der Waals surface area contributed by atoms with E-state index in [1.807, 2.05) is 0 Å². The predicted octanol–water partition coefficient (Wildman–Crippen LogP) is 3.28. The Morgan fingerprint density at radius 3 is 1.80 bits per heavy atom. The van der Waals surface area contributed by atoms with E-state index in [0.717, 1.165) is 39.3 Å². The van der Waals surface area contributed by atoms with Gasteiger partial charge in [-0.15, -0.1) is 0 Å². The van der Waals surface area contributed by atoms with E-state index in [1.165, 1.54) is 22.3 Å². The number of piperazine rings is 1. The molecule has 2 aliphatic heterocycles. The highest BCUT2D eigenvalue weighted by molar-refractivity contribution is 5.37. The van der Waals surface area contributed by atoms with Crippen LogP contribution in [0.4, 0.5) is 8.78 Å². The summed E-state index contributed by atoms with van der Waals surface area (Å²) in [6, 6.07) is 4.58. The molecule has 0 aromatic heterocycles. The second-order valence-corrected chi connectivity index (χ2v) is 7.92. The average molecular weight is 351 g/mol. The molecule has 2 aliphatic rings. The number of benzene rings is 1. The number of hydrogen-bond acceptors (Lipinski definition) is 3. The number of likely N-dealkylation sites (N-methyl/N-ethyl adjacent to an activating group) is 1. The molecule has 5 heteroatoms. The first kappa shape index (κ1) is 18.7. The van der Waals surface area contributed by atoms with Gasteiger partial charge in [0.2, 0.25) is 0 Å². The molecule has 140 valence electrons. The third-order valence-corrected chi connectivity index (χ3v) is 5.77. The van der Waals surface area contributed by atoms with Gasteiger partial charge < -0.3 is 4.90 Å². The minimum Gasteiger partial charge on any atom is -0.304 e. The van der Waals surface area contributed by atoms with Crippen molar-refractivity contribution in [2.45, 2.75) is 45.7 Å². The molecule has 0 bridgehead atoms. The summed E-state index contributed by atoms with van der Waals surface area (Å²) in [5.41, 5.74) is 5.29. The molecule has 0 N–H and O–H groups in total. The van der Waals surface area contributed by atoms with E-state index in [0.29, 0.717) is 13.1 Å². The number of rotatable bonds is 4. The molecule has 0 radical (unpaired) electrons. The van der Waals surface area contributed by atoms with E-state index in [-0.39, 0.29) is 12.8 Å². The first-order valence-corrected chi connectivity index (χ1v) is 9.42. The highest BCUT2D eigenvalue weighted by Gasteiger charge is 2.33. The number of piperidine rings is 1. The summed E-state index contributed by atoms with van der Waals surface area (Å²) in [6.45, 7) is 11.6. The third kappa shape index (κ3) is 4.99. The Bertz CT molecular complexity index is 585. The first-order valence-electron chi connectivity index (χ1n) is 9.42. The molecule has 3 nitrogen and oxygen atoms in total. The molecule has 3 rings (SSSR count). The molecule has 0 amide bonds. The Morgan fingerprint density at radius 2 is 1.28 bits per heavy atom. The number of nitrogens with zero attached hydrogens (tertiary/aromatic N) is 3. The van der Waals surface area contributed by atoms with Crippen LogP contribution < -0.4 is 0 Å². The monoisotopic (exact) mass is 351 g/mol. The molecule has 0 atom stereocenters. The van der Waals surface area contributed by atoms with E-state index < -0.39 is 5.92 Å². The zero-order chi connectivity index (χ0) is 18.0. The van der Waals surface area contributed by atoms with Crippen molar-refractivity contribution in [1.29, 1.82) is 0 Å². The van der Waals surface area contributed by atoms with Crippen molar-refractivity contribution in [3.8, 4) is 0 Å². The summed E-state index contributed by atoms with van der Waals surface area (Å²) in [7, 11) is 2.18. The highest BCUT2D eigenvalue weighted by Crippen LogP contribution is 2.29. The topological polar surface area (TPSA) is 9.72 Å². The number of halogens is 2. The van der Waals surface area contributed by atoms with E-state index in [9.17, 15) is 8.78 Å². The molecular weight excluding hydrogens is 320 g/mol. The molecule has 0 unspecified atom stereocenters. The maximum absolute atomic E-state index is 13.4. The zero-order valence-electron chi connectivity index (χ0n) is 15.8. The average Bonchev–Trinajstić information content (AvgIpc) is 2.56. The van der Waals surface area contributed by atoms with Crippen LogP contribution in [0.3, 0.4) is 0 Å². The Morgan fingerprint density at radius 1 is 0.800 bits per heavy atom. The van der Waals surface area contributed by atoms with Gasteiger partial charge in [0, 0.05) is 65.2 Å². The van der Waals surface area contributed by atoms with Gasteiger partial charge in [0.1, 0.15) is 0 Å². The van der Waals surface area contributed by atoms with Crippen LogP contribution in [0.1, 0.15) is 35.1 Å². The minimum absolute atomic E-state index is 0.00788. The van der Waals surface area contributed by atoms with Gasteiger partial charge in [-0.25, -0.2) is 8.78 Å². The van der Waals surface area contributed by atoms with Crippen molar-refractivity contribution >= 4 is 0 Å². The van der Waals surface area contributed by atoms with E-state index >= 15 is 0 Å². The summed E-state index contributed by atoms with van der Waals surface area (Å²) < 4.78 is 26.7. The lowest BCUT2D eigenvalue weighted by atomic mass is 9.98. The van der Waals surface area contributed by atoms with Crippen LogP contribution in [0, 0.1) is 13.8 Å². The number of hydrogen-bond donors (Lipinski definition) is 0. The van der Waals surface area contributed by atoms with Gasteiger partial charge in [-0.05, 0) is 43.1 Å². The number of alkyl halides is 2. The SMILES string of the molecule is Cc1cc(C)c(CN2CCC(F)(F)CC2)cc1CN1CCN(C)CC1. The van der Waals surface area contributed by atoms with Crippen LogP contribution in [0.25, 0.3) is 0 Å². The molecule has 1 aromatic carbocycles. The molecule has 2 saturated heterocycles. The summed E-state index contributed by atoms with van der Waals surface area (Å²) >= 11 is 0. The Labute approximate surface area is 150 Å². The lowest BCUT2D eigenvalue weighted by Crippen LogP contribution is -2.44. The lowest BCUT2D eigenvalue weighted by molar-refractivity contribution is -0.0566. The molecule has 25 heavy (non-hydrogen) atoms. The molecule has 0 aliphatic carbocycles. The molecule has 1 aromatic rings. The molecule has 0 saturated carbocycles. The molecular formula is C20H31F2N3. The fraction of sp³-hybridized carbons (Fsp3) is 0.700. The number of aryl methyl sites for hydroxylation is 2. The maximum atomic E-state index is 13.4. The third-order valence-electron chi connectivity index (χ3n) is 5.77. The van der Waals surface area contributed by atoms with Crippen LogP contribution in [0.15, 0.2) is 12.1 Å². The van der Waals surface area contributed by atoms with Crippen molar-refractivity contribution in [3.05, 3.63) is 34.4 Å². The minimum atomic E-state index is -2.47. The summed E-state index contributed by atoms with van der Waals surface area (Å²) in [6.07, 6.45) is -0.0158. The van der Waals surface area contributed by atoms with Crippen LogP contribution in [0.2, 0.25) is 0 Å². The summed E-state index contributed by atoms with van der Waals surface area (Å²) in [4.78, 5) is 7.06. The van der Waals surface area contributed by atoms with Crippen LogP contribution in [-0.4, -0.2) is 66.9 Å². The normalized spacial score (nSPS) is 23.1. The van der Waals surface area contributed by atoms with Gasteiger partial charge in [-0.3, -0.25) is 9.80 Å². The van der Waals surface area contributed by atoms with Gasteiger partial charge in [0.15, 0.2) is 0 Å². The van der Waals surface area contributed by atoms with Crippen LogP contribution >= 0.6 is 0 Å². The second-order valence-electron chi connectivity index (χ2n) is 7.92. The Kier molecular flexibility index (Phi) is 5.76. The second kappa shape index (κ2) is 7.68. The fourth-order valence-corrected chi connectivity index (χ4v) is 3.81. The van der Waals surface area contributed by atoms with Gasteiger partial charge in [0.25, 0.3) is 5.92 Å². The fourth-order valence-electron chi connectivity index (χ4n) is 3.81. The van der Waals surface area contributed by atoms with E-state index in [4.69, 9.17) is 0 Å².